The molecule has 0 aromatic rings. The van der Waals surface area contributed by atoms with Crippen molar-refractivity contribution in [2.75, 3.05) is 20.1 Å². The topological polar surface area (TPSA) is 41.1 Å². The molecule has 0 fully saturated rings. The second-order valence-electron chi connectivity index (χ2n) is 3.24. The number of rotatable bonds is 4. The van der Waals surface area contributed by atoms with Crippen LogP contribution < -0.4 is 10.6 Å². The van der Waals surface area contributed by atoms with E-state index < -0.39 is 0 Å². The quantitative estimate of drug-likeness (QED) is 0.620. The molecule has 0 aromatic carbocycles. The summed E-state index contributed by atoms with van der Waals surface area (Å²) in [6.45, 7) is 7.51. The fourth-order valence-corrected chi connectivity index (χ4v) is 0.856. The van der Waals surface area contributed by atoms with Gasteiger partial charge in [-0.2, -0.15) is 0 Å². The molecule has 0 bridgehead atoms. The highest BCUT2D eigenvalue weighted by Crippen LogP contribution is 2.12. The van der Waals surface area contributed by atoms with Crippen LogP contribution in [0, 0.1) is 5.41 Å². The summed E-state index contributed by atoms with van der Waals surface area (Å²) in [5.41, 5.74) is -0.301. The summed E-state index contributed by atoms with van der Waals surface area (Å²) >= 11 is 0. The van der Waals surface area contributed by atoms with Gasteiger partial charge < -0.3 is 10.6 Å². The summed E-state index contributed by atoms with van der Waals surface area (Å²) in [5.74, 6) is 0.0819. The van der Waals surface area contributed by atoms with Crippen molar-refractivity contribution in [1.29, 1.82) is 0 Å². The highest BCUT2D eigenvalue weighted by atomic mass is 16.2. The van der Waals surface area contributed by atoms with Gasteiger partial charge in [-0.05, 0) is 20.4 Å². The molecule has 3 nitrogen and oxygen atoms in total. The normalized spacial score (nSPS) is 11.3. The van der Waals surface area contributed by atoms with E-state index in [9.17, 15) is 4.79 Å². The van der Waals surface area contributed by atoms with Crippen molar-refractivity contribution in [3.8, 4) is 0 Å². The van der Waals surface area contributed by atoms with Gasteiger partial charge in [-0.25, -0.2) is 0 Å². The van der Waals surface area contributed by atoms with Gasteiger partial charge in [-0.1, -0.05) is 6.92 Å². The van der Waals surface area contributed by atoms with Crippen LogP contribution in [-0.2, 0) is 4.79 Å². The highest BCUT2D eigenvalue weighted by Gasteiger charge is 2.25. The molecule has 0 aliphatic rings. The van der Waals surface area contributed by atoms with Crippen molar-refractivity contribution in [3.63, 3.8) is 0 Å². The molecule has 0 atom stereocenters. The second kappa shape index (κ2) is 4.34. The zero-order valence-corrected chi connectivity index (χ0v) is 7.82. The molecule has 66 valence electrons. The van der Waals surface area contributed by atoms with E-state index in [2.05, 4.69) is 10.6 Å². The first-order valence-electron chi connectivity index (χ1n) is 3.97. The van der Waals surface area contributed by atoms with Crippen LogP contribution >= 0.6 is 0 Å². The number of hydrogen-bond donors (Lipinski definition) is 2. The Balaban J connectivity index is 3.88. The Labute approximate surface area is 68.6 Å². The third-order valence-corrected chi connectivity index (χ3v) is 1.66. The maximum Gasteiger partial charge on any atom is 0.226 e. The minimum atomic E-state index is -0.301. The second-order valence-corrected chi connectivity index (χ2v) is 3.24. The molecular formula is C8H18N2O. The van der Waals surface area contributed by atoms with Crippen LogP contribution in [0.3, 0.4) is 0 Å². The lowest BCUT2D eigenvalue weighted by Gasteiger charge is -2.22. The van der Waals surface area contributed by atoms with E-state index in [0.29, 0.717) is 0 Å². The molecule has 0 heterocycles. The summed E-state index contributed by atoms with van der Waals surface area (Å²) in [4.78, 5) is 11.2. The van der Waals surface area contributed by atoms with Gasteiger partial charge in [0.15, 0.2) is 0 Å². The van der Waals surface area contributed by atoms with E-state index in [0.717, 1.165) is 13.1 Å². The largest absolute Gasteiger partial charge is 0.359 e. The van der Waals surface area contributed by atoms with E-state index in [1.54, 1.807) is 7.05 Å². The van der Waals surface area contributed by atoms with E-state index in [1.165, 1.54) is 0 Å². The Bertz CT molecular complexity index is 132. The molecule has 2 N–H and O–H groups in total. The highest BCUT2D eigenvalue weighted by molar-refractivity contribution is 5.81. The molecular weight excluding hydrogens is 140 g/mol. The zero-order valence-electron chi connectivity index (χ0n) is 7.82. The Morgan fingerprint density at radius 1 is 1.45 bits per heavy atom. The summed E-state index contributed by atoms with van der Waals surface area (Å²) < 4.78 is 0. The molecule has 0 rings (SSSR count). The van der Waals surface area contributed by atoms with E-state index in [4.69, 9.17) is 0 Å². The minimum Gasteiger partial charge on any atom is -0.359 e. The lowest BCUT2D eigenvalue weighted by molar-refractivity contribution is -0.128. The van der Waals surface area contributed by atoms with Crippen LogP contribution in [0.2, 0.25) is 0 Å². The van der Waals surface area contributed by atoms with Gasteiger partial charge in [0, 0.05) is 13.6 Å². The van der Waals surface area contributed by atoms with Gasteiger partial charge >= 0.3 is 0 Å². The van der Waals surface area contributed by atoms with Crippen molar-refractivity contribution >= 4 is 5.91 Å². The number of carbonyl (C=O) groups excluding carboxylic acids is 1. The smallest absolute Gasteiger partial charge is 0.226 e. The van der Waals surface area contributed by atoms with E-state index in [-0.39, 0.29) is 11.3 Å². The molecule has 0 aliphatic heterocycles. The first-order valence-corrected chi connectivity index (χ1v) is 3.97. The van der Waals surface area contributed by atoms with Crippen LogP contribution in [0.5, 0.6) is 0 Å². The van der Waals surface area contributed by atoms with Crippen LogP contribution in [0.15, 0.2) is 0 Å². The van der Waals surface area contributed by atoms with Crippen molar-refractivity contribution in [2.24, 2.45) is 5.41 Å². The fourth-order valence-electron chi connectivity index (χ4n) is 0.856. The SMILES string of the molecule is CCNCC(C)(C)C(=O)NC. The zero-order chi connectivity index (χ0) is 8.91. The predicted molar refractivity (Wildman–Crippen MR) is 46.4 cm³/mol. The van der Waals surface area contributed by atoms with Gasteiger partial charge in [0.2, 0.25) is 5.91 Å². The molecule has 11 heavy (non-hydrogen) atoms. The number of nitrogens with one attached hydrogen (secondary N) is 2. The molecule has 0 saturated heterocycles. The Morgan fingerprint density at radius 2 is 2.00 bits per heavy atom. The first kappa shape index (κ1) is 10.4. The molecule has 3 heteroatoms. The van der Waals surface area contributed by atoms with Gasteiger partial charge in [0.05, 0.1) is 5.41 Å². The average molecular weight is 158 g/mol. The lowest BCUT2D eigenvalue weighted by atomic mass is 9.92. The Kier molecular flexibility index (Phi) is 4.11. The summed E-state index contributed by atoms with van der Waals surface area (Å²) in [6.07, 6.45) is 0. The summed E-state index contributed by atoms with van der Waals surface area (Å²) in [7, 11) is 1.66. The maximum absolute atomic E-state index is 11.2. The van der Waals surface area contributed by atoms with Crippen molar-refractivity contribution in [3.05, 3.63) is 0 Å². The van der Waals surface area contributed by atoms with Crippen molar-refractivity contribution in [1.82, 2.24) is 10.6 Å². The lowest BCUT2D eigenvalue weighted by Crippen LogP contribution is -2.41. The molecule has 0 saturated carbocycles. The fraction of sp³-hybridized carbons (Fsp3) is 0.875. The Hall–Kier alpha value is -0.570. The average Bonchev–Trinajstić information content (AvgIpc) is 1.99. The summed E-state index contributed by atoms with van der Waals surface area (Å²) in [6, 6.07) is 0. The third-order valence-electron chi connectivity index (χ3n) is 1.66. The molecule has 0 spiro atoms. The Morgan fingerprint density at radius 3 is 2.36 bits per heavy atom. The minimum absolute atomic E-state index is 0.0819. The van der Waals surface area contributed by atoms with Crippen molar-refractivity contribution in [2.45, 2.75) is 20.8 Å². The molecule has 0 aromatic heterocycles. The molecule has 0 radical (unpaired) electrons. The van der Waals surface area contributed by atoms with E-state index in [1.807, 2.05) is 20.8 Å². The summed E-state index contributed by atoms with van der Waals surface area (Å²) in [5, 5.41) is 5.78. The van der Waals surface area contributed by atoms with Gasteiger partial charge in [0.1, 0.15) is 0 Å². The van der Waals surface area contributed by atoms with Crippen LogP contribution in [-0.4, -0.2) is 26.0 Å². The van der Waals surface area contributed by atoms with Crippen LogP contribution in [0.1, 0.15) is 20.8 Å². The number of hydrogen-bond acceptors (Lipinski definition) is 2. The van der Waals surface area contributed by atoms with E-state index >= 15 is 0 Å². The van der Waals surface area contributed by atoms with Crippen LogP contribution in [0.4, 0.5) is 0 Å². The predicted octanol–water partition coefficient (Wildman–Crippen LogP) is 0.368. The van der Waals surface area contributed by atoms with Gasteiger partial charge in [0.25, 0.3) is 0 Å². The van der Waals surface area contributed by atoms with Crippen molar-refractivity contribution < 1.29 is 4.79 Å². The first-order chi connectivity index (χ1) is 5.04. The molecule has 0 aliphatic carbocycles. The number of carbonyl (C=O) groups is 1. The third kappa shape index (κ3) is 3.37. The monoisotopic (exact) mass is 158 g/mol. The molecule has 1 amide bonds. The molecule has 0 unspecified atom stereocenters. The maximum atomic E-state index is 11.2. The van der Waals surface area contributed by atoms with Crippen LogP contribution in [0.25, 0.3) is 0 Å². The number of amides is 1. The van der Waals surface area contributed by atoms with Gasteiger partial charge in [-0.15, -0.1) is 0 Å². The van der Waals surface area contributed by atoms with Gasteiger partial charge in [-0.3, -0.25) is 4.79 Å². The standard InChI is InChI=1S/C8H18N2O/c1-5-10-6-8(2,3)7(11)9-4/h10H,5-6H2,1-4H3,(H,9,11).